The molecule has 3 aliphatic heterocycles. The lowest BCUT2D eigenvalue weighted by Crippen LogP contribution is -2.52. The van der Waals surface area contributed by atoms with Crippen LogP contribution in [0.2, 0.25) is 0 Å². The van der Waals surface area contributed by atoms with Crippen LogP contribution >= 0.6 is 15.9 Å². The third-order valence-electron chi connectivity index (χ3n) is 3.56. The second kappa shape index (κ2) is 4.34. The van der Waals surface area contributed by atoms with Crippen LogP contribution in [0.25, 0.3) is 0 Å². The first-order valence-corrected chi connectivity index (χ1v) is 6.62. The van der Waals surface area contributed by atoms with E-state index < -0.39 is 0 Å². The van der Waals surface area contributed by atoms with Crippen LogP contribution < -0.4 is 4.74 Å². The van der Waals surface area contributed by atoms with Crippen LogP contribution in [0.5, 0.6) is 5.88 Å². The Balaban J connectivity index is 1.71. The van der Waals surface area contributed by atoms with Crippen LogP contribution in [0.1, 0.15) is 12.8 Å². The zero-order valence-electron chi connectivity index (χ0n) is 9.10. The molecule has 1 aromatic rings. The highest BCUT2D eigenvalue weighted by molar-refractivity contribution is 9.10. The predicted molar refractivity (Wildman–Crippen MR) is 65.5 cm³/mol. The Morgan fingerprint density at radius 1 is 1.31 bits per heavy atom. The van der Waals surface area contributed by atoms with Crippen molar-refractivity contribution in [3.63, 3.8) is 0 Å². The molecule has 3 fully saturated rings. The average Bonchev–Trinajstić information content (AvgIpc) is 2.30. The van der Waals surface area contributed by atoms with Crippen LogP contribution in [0.15, 0.2) is 22.8 Å². The van der Waals surface area contributed by atoms with E-state index in [1.54, 1.807) is 0 Å². The highest BCUT2D eigenvalue weighted by Crippen LogP contribution is 2.30. The number of halogens is 1. The Morgan fingerprint density at radius 3 is 2.75 bits per heavy atom. The van der Waals surface area contributed by atoms with E-state index in [1.807, 2.05) is 18.2 Å². The SMILES string of the molecule is Brc1cccc(O[C@@H]2CN3CCC2CC3)n1. The summed E-state index contributed by atoms with van der Waals surface area (Å²) in [5.74, 6) is 1.47. The molecule has 3 aliphatic rings. The van der Waals surface area contributed by atoms with Gasteiger partial charge in [-0.3, -0.25) is 4.90 Å². The molecule has 0 N–H and O–H groups in total. The molecule has 4 rings (SSSR count). The first-order chi connectivity index (χ1) is 7.81. The fourth-order valence-electron chi connectivity index (χ4n) is 2.65. The largest absolute Gasteiger partial charge is 0.473 e. The smallest absolute Gasteiger partial charge is 0.214 e. The summed E-state index contributed by atoms with van der Waals surface area (Å²) in [5, 5.41) is 0. The first kappa shape index (κ1) is 10.5. The van der Waals surface area contributed by atoms with Gasteiger partial charge in [-0.25, -0.2) is 4.98 Å². The number of ether oxygens (including phenoxy) is 1. The number of hydrogen-bond donors (Lipinski definition) is 0. The van der Waals surface area contributed by atoms with E-state index in [1.165, 1.54) is 25.9 Å². The summed E-state index contributed by atoms with van der Waals surface area (Å²) in [5.41, 5.74) is 0. The van der Waals surface area contributed by atoms with Crippen LogP contribution in [0.4, 0.5) is 0 Å². The van der Waals surface area contributed by atoms with Crippen molar-refractivity contribution in [1.82, 2.24) is 9.88 Å². The Labute approximate surface area is 104 Å². The summed E-state index contributed by atoms with van der Waals surface area (Å²) in [6.45, 7) is 3.56. The summed E-state index contributed by atoms with van der Waals surface area (Å²) in [6.07, 6.45) is 2.89. The number of aromatic nitrogens is 1. The topological polar surface area (TPSA) is 25.4 Å². The minimum absolute atomic E-state index is 0.337. The van der Waals surface area contributed by atoms with Crippen molar-refractivity contribution in [2.75, 3.05) is 19.6 Å². The first-order valence-electron chi connectivity index (χ1n) is 5.83. The number of nitrogens with zero attached hydrogens (tertiary/aromatic N) is 2. The van der Waals surface area contributed by atoms with Gasteiger partial charge in [-0.05, 0) is 53.8 Å². The van der Waals surface area contributed by atoms with Gasteiger partial charge in [-0.1, -0.05) is 6.07 Å². The van der Waals surface area contributed by atoms with Crippen molar-refractivity contribution >= 4 is 15.9 Å². The molecular weight excluding hydrogens is 268 g/mol. The van der Waals surface area contributed by atoms with E-state index in [2.05, 4.69) is 25.8 Å². The maximum atomic E-state index is 5.99. The standard InChI is InChI=1S/C12H15BrN2O/c13-11-2-1-3-12(14-11)16-10-8-15-6-4-9(10)5-7-15/h1-3,9-10H,4-8H2/t10-/m1/s1. The molecule has 4 heteroatoms. The van der Waals surface area contributed by atoms with Crippen molar-refractivity contribution in [3.8, 4) is 5.88 Å². The third kappa shape index (κ3) is 2.09. The molecule has 0 aromatic carbocycles. The minimum Gasteiger partial charge on any atom is -0.473 e. The number of hydrogen-bond acceptors (Lipinski definition) is 3. The van der Waals surface area contributed by atoms with Crippen LogP contribution in [0.3, 0.4) is 0 Å². The van der Waals surface area contributed by atoms with Gasteiger partial charge in [0.05, 0.1) is 0 Å². The van der Waals surface area contributed by atoms with E-state index in [-0.39, 0.29) is 0 Å². The van der Waals surface area contributed by atoms with Gasteiger partial charge >= 0.3 is 0 Å². The third-order valence-corrected chi connectivity index (χ3v) is 4.00. The average molecular weight is 283 g/mol. The van der Waals surface area contributed by atoms with Gasteiger partial charge in [-0.2, -0.15) is 0 Å². The van der Waals surface area contributed by atoms with Gasteiger partial charge in [0.15, 0.2) is 0 Å². The van der Waals surface area contributed by atoms with E-state index >= 15 is 0 Å². The highest BCUT2D eigenvalue weighted by atomic mass is 79.9. The fraction of sp³-hybridized carbons (Fsp3) is 0.583. The Hall–Kier alpha value is -0.610. The summed E-state index contributed by atoms with van der Waals surface area (Å²) in [6, 6.07) is 5.82. The van der Waals surface area contributed by atoms with Crippen molar-refractivity contribution in [2.45, 2.75) is 18.9 Å². The zero-order valence-corrected chi connectivity index (χ0v) is 10.7. The Bertz CT molecular complexity index is 377. The summed E-state index contributed by atoms with van der Waals surface area (Å²) in [4.78, 5) is 6.82. The van der Waals surface area contributed by atoms with Gasteiger partial charge in [0.25, 0.3) is 0 Å². The molecule has 1 aromatic heterocycles. The fourth-order valence-corrected chi connectivity index (χ4v) is 2.98. The number of piperidine rings is 3. The number of fused-ring (bicyclic) bond motifs is 3. The van der Waals surface area contributed by atoms with Crippen molar-refractivity contribution in [3.05, 3.63) is 22.8 Å². The lowest BCUT2D eigenvalue weighted by Gasteiger charge is -2.44. The normalized spacial score (nSPS) is 32.7. The molecule has 0 saturated carbocycles. The molecular formula is C12H15BrN2O. The molecule has 0 spiro atoms. The minimum atomic E-state index is 0.337. The molecule has 3 nitrogen and oxygen atoms in total. The van der Waals surface area contributed by atoms with Crippen molar-refractivity contribution in [2.24, 2.45) is 5.92 Å². The van der Waals surface area contributed by atoms with Crippen molar-refractivity contribution in [1.29, 1.82) is 0 Å². The predicted octanol–water partition coefficient (Wildman–Crippen LogP) is 2.32. The molecule has 16 heavy (non-hydrogen) atoms. The van der Waals surface area contributed by atoms with Crippen LogP contribution in [0, 0.1) is 5.92 Å². The van der Waals surface area contributed by atoms with Gasteiger partial charge < -0.3 is 4.74 Å². The van der Waals surface area contributed by atoms with Crippen LogP contribution in [-0.2, 0) is 0 Å². The summed E-state index contributed by atoms with van der Waals surface area (Å²) < 4.78 is 6.83. The number of pyridine rings is 1. The Morgan fingerprint density at radius 2 is 2.12 bits per heavy atom. The molecule has 3 saturated heterocycles. The van der Waals surface area contributed by atoms with Gasteiger partial charge in [0, 0.05) is 12.6 Å². The second-order valence-corrected chi connectivity index (χ2v) is 5.41. The lowest BCUT2D eigenvalue weighted by molar-refractivity contribution is -0.00999. The van der Waals surface area contributed by atoms with Gasteiger partial charge in [0.2, 0.25) is 5.88 Å². The van der Waals surface area contributed by atoms with Crippen LogP contribution in [-0.4, -0.2) is 35.6 Å². The highest BCUT2D eigenvalue weighted by Gasteiger charge is 2.35. The molecule has 1 atom stereocenters. The van der Waals surface area contributed by atoms with E-state index in [0.29, 0.717) is 6.10 Å². The Kier molecular flexibility index (Phi) is 2.86. The zero-order chi connectivity index (χ0) is 11.0. The molecule has 0 amide bonds. The number of rotatable bonds is 2. The van der Waals surface area contributed by atoms with E-state index in [9.17, 15) is 0 Å². The molecule has 86 valence electrons. The maximum Gasteiger partial charge on any atom is 0.214 e. The van der Waals surface area contributed by atoms with Gasteiger partial charge in [-0.15, -0.1) is 0 Å². The second-order valence-electron chi connectivity index (χ2n) is 4.59. The maximum absolute atomic E-state index is 5.99. The van der Waals surface area contributed by atoms with E-state index in [0.717, 1.165) is 22.9 Å². The monoisotopic (exact) mass is 282 g/mol. The molecule has 2 bridgehead atoms. The van der Waals surface area contributed by atoms with E-state index in [4.69, 9.17) is 4.74 Å². The molecule has 4 heterocycles. The summed E-state index contributed by atoms with van der Waals surface area (Å²) in [7, 11) is 0. The quantitative estimate of drug-likeness (QED) is 0.779. The van der Waals surface area contributed by atoms with Crippen molar-refractivity contribution < 1.29 is 4.74 Å². The van der Waals surface area contributed by atoms with Gasteiger partial charge in [0.1, 0.15) is 10.7 Å². The molecule has 0 radical (unpaired) electrons. The molecule has 0 aliphatic carbocycles. The lowest BCUT2D eigenvalue weighted by atomic mass is 9.86. The summed E-state index contributed by atoms with van der Waals surface area (Å²) >= 11 is 3.37. The molecule has 0 unspecified atom stereocenters.